The molecule has 0 saturated carbocycles. The van der Waals surface area contributed by atoms with Crippen LogP contribution in [0.15, 0.2) is 76.7 Å². The fraction of sp³-hybridized carbons (Fsp3) is 0.290. The summed E-state index contributed by atoms with van der Waals surface area (Å²) in [4.78, 5) is 44.5. The highest BCUT2D eigenvalue weighted by Crippen LogP contribution is 2.26. The van der Waals surface area contributed by atoms with E-state index in [9.17, 15) is 14.4 Å². The molecule has 0 saturated heterocycles. The second-order valence-corrected chi connectivity index (χ2v) is 11.3. The first-order valence-corrected chi connectivity index (χ1v) is 13.7. The third-order valence-electron chi connectivity index (χ3n) is 6.48. The monoisotopic (exact) mass is 527 g/mol. The molecule has 38 heavy (non-hydrogen) atoms. The highest BCUT2D eigenvalue weighted by molar-refractivity contribution is 8.00. The number of hydrogen-bond donors (Lipinski definition) is 1. The van der Waals surface area contributed by atoms with E-state index in [1.807, 2.05) is 83.1 Å². The van der Waals surface area contributed by atoms with Gasteiger partial charge in [-0.3, -0.25) is 19.0 Å². The maximum Gasteiger partial charge on any atom is 0.262 e. The largest absolute Gasteiger partial charge is 0.352 e. The van der Waals surface area contributed by atoms with Crippen molar-refractivity contribution in [2.45, 2.75) is 51.6 Å². The Hall–Kier alpha value is -3.71. The minimum atomic E-state index is -0.471. The number of nitrogens with one attached hydrogen (secondary N) is 1. The summed E-state index contributed by atoms with van der Waals surface area (Å²) in [5, 5.41) is 3.31. The third-order valence-corrected chi connectivity index (χ3v) is 7.57. The van der Waals surface area contributed by atoms with Crippen molar-refractivity contribution in [2.75, 3.05) is 6.54 Å². The molecule has 4 aromatic rings. The number of aromatic nitrogens is 2. The van der Waals surface area contributed by atoms with Gasteiger partial charge in [-0.05, 0) is 67.6 Å². The molecule has 0 aliphatic rings. The zero-order valence-electron chi connectivity index (χ0n) is 22.4. The SMILES string of the molecule is Cc1ccc(C(=O)[C@@H](C)Sc2nc3cc(C(=O)NCC(C)C)ccc3c(=O)n2Cc2ccccc2)cc1C. The predicted molar refractivity (Wildman–Crippen MR) is 154 cm³/mol. The molecule has 0 fully saturated rings. The minimum absolute atomic E-state index is 0.0273. The van der Waals surface area contributed by atoms with Crippen LogP contribution < -0.4 is 10.9 Å². The average Bonchev–Trinajstić information content (AvgIpc) is 2.90. The van der Waals surface area contributed by atoms with Gasteiger partial charge in [-0.15, -0.1) is 0 Å². The summed E-state index contributed by atoms with van der Waals surface area (Å²) in [6.07, 6.45) is 0. The molecule has 1 heterocycles. The Morgan fingerprint density at radius 2 is 1.63 bits per heavy atom. The van der Waals surface area contributed by atoms with Crippen molar-refractivity contribution < 1.29 is 9.59 Å². The van der Waals surface area contributed by atoms with Gasteiger partial charge in [0.1, 0.15) is 0 Å². The molecule has 1 N–H and O–H groups in total. The van der Waals surface area contributed by atoms with Crippen LogP contribution in [0.5, 0.6) is 0 Å². The Kier molecular flexibility index (Phi) is 8.47. The molecule has 3 aromatic carbocycles. The normalized spacial score (nSPS) is 12.1. The van der Waals surface area contributed by atoms with Crippen LogP contribution in [0, 0.1) is 19.8 Å². The Labute approximate surface area is 227 Å². The highest BCUT2D eigenvalue weighted by atomic mass is 32.2. The van der Waals surface area contributed by atoms with Gasteiger partial charge >= 0.3 is 0 Å². The number of rotatable bonds is 9. The lowest BCUT2D eigenvalue weighted by atomic mass is 10.0. The summed E-state index contributed by atoms with van der Waals surface area (Å²) in [5.41, 5.74) is 4.45. The summed E-state index contributed by atoms with van der Waals surface area (Å²) in [7, 11) is 0. The Morgan fingerprint density at radius 3 is 2.32 bits per heavy atom. The van der Waals surface area contributed by atoms with E-state index >= 15 is 0 Å². The fourth-order valence-electron chi connectivity index (χ4n) is 4.08. The molecule has 0 aliphatic heterocycles. The summed E-state index contributed by atoms with van der Waals surface area (Å²) in [6.45, 7) is 10.8. The van der Waals surface area contributed by atoms with Crippen molar-refractivity contribution in [1.82, 2.24) is 14.9 Å². The molecular formula is C31H33N3O3S. The maximum absolute atomic E-state index is 13.7. The second-order valence-electron chi connectivity index (χ2n) is 10.0. The fourth-order valence-corrected chi connectivity index (χ4v) is 5.06. The van der Waals surface area contributed by atoms with Crippen molar-refractivity contribution in [1.29, 1.82) is 0 Å². The van der Waals surface area contributed by atoms with Gasteiger partial charge in [0.05, 0.1) is 22.7 Å². The van der Waals surface area contributed by atoms with Crippen molar-refractivity contribution in [3.8, 4) is 0 Å². The van der Waals surface area contributed by atoms with Crippen LogP contribution in [0.3, 0.4) is 0 Å². The van der Waals surface area contributed by atoms with Gasteiger partial charge in [-0.1, -0.05) is 68.1 Å². The molecule has 0 bridgehead atoms. The van der Waals surface area contributed by atoms with Crippen LogP contribution in [-0.2, 0) is 6.54 Å². The number of amides is 1. The van der Waals surface area contributed by atoms with Crippen molar-refractivity contribution in [3.63, 3.8) is 0 Å². The van der Waals surface area contributed by atoms with E-state index in [1.165, 1.54) is 11.8 Å². The quantitative estimate of drug-likeness (QED) is 0.169. The standard InChI is InChI=1S/C31H33N3O3S/c1-19(2)17-32-29(36)25-13-14-26-27(16-25)33-31(34(30(26)37)18-23-9-7-6-8-10-23)38-22(5)28(35)24-12-11-20(3)21(4)15-24/h6-16,19,22H,17-18H2,1-5H3,(H,32,36)/t22-/m1/s1. The molecule has 1 atom stereocenters. The molecule has 1 amide bonds. The number of carbonyl (C=O) groups is 2. The third kappa shape index (κ3) is 6.22. The smallest absolute Gasteiger partial charge is 0.262 e. The molecule has 4 rings (SSSR count). The van der Waals surface area contributed by atoms with Crippen LogP contribution >= 0.6 is 11.8 Å². The molecule has 196 valence electrons. The van der Waals surface area contributed by atoms with Crippen LogP contribution in [0.1, 0.15) is 58.2 Å². The second kappa shape index (κ2) is 11.8. The van der Waals surface area contributed by atoms with Crippen molar-refractivity contribution >= 4 is 34.4 Å². The van der Waals surface area contributed by atoms with E-state index in [-0.39, 0.29) is 17.2 Å². The van der Waals surface area contributed by atoms with Gasteiger partial charge < -0.3 is 5.32 Å². The number of Topliss-reactive ketones (excluding diaryl/α,β-unsaturated/α-hetero) is 1. The first-order valence-electron chi connectivity index (χ1n) is 12.8. The van der Waals surface area contributed by atoms with E-state index in [4.69, 9.17) is 4.98 Å². The molecule has 1 aromatic heterocycles. The molecule has 0 unspecified atom stereocenters. The number of hydrogen-bond acceptors (Lipinski definition) is 5. The molecule has 0 radical (unpaired) electrons. The van der Waals surface area contributed by atoms with E-state index in [0.717, 1.165) is 16.7 Å². The predicted octanol–water partition coefficient (Wildman–Crippen LogP) is 5.81. The summed E-state index contributed by atoms with van der Waals surface area (Å²) in [5.74, 6) is 0.0888. The van der Waals surface area contributed by atoms with Gasteiger partial charge in [0, 0.05) is 17.7 Å². The van der Waals surface area contributed by atoms with E-state index in [0.29, 0.717) is 46.2 Å². The molecule has 0 aliphatic carbocycles. The molecule has 0 spiro atoms. The minimum Gasteiger partial charge on any atom is -0.352 e. The van der Waals surface area contributed by atoms with Crippen LogP contribution in [-0.4, -0.2) is 33.0 Å². The lowest BCUT2D eigenvalue weighted by molar-refractivity contribution is 0.0948. The number of ketones is 1. The Balaban J connectivity index is 1.74. The zero-order valence-corrected chi connectivity index (χ0v) is 23.3. The number of nitrogens with zero attached hydrogens (tertiary/aromatic N) is 2. The van der Waals surface area contributed by atoms with Gasteiger partial charge in [0.25, 0.3) is 11.5 Å². The summed E-state index contributed by atoms with van der Waals surface area (Å²) < 4.78 is 1.62. The number of benzene rings is 3. The molecule has 7 heteroatoms. The summed E-state index contributed by atoms with van der Waals surface area (Å²) in [6, 6.07) is 20.4. The van der Waals surface area contributed by atoms with Crippen molar-refractivity contribution in [2.24, 2.45) is 5.92 Å². The number of aryl methyl sites for hydroxylation is 2. The lowest BCUT2D eigenvalue weighted by Gasteiger charge is -2.17. The highest BCUT2D eigenvalue weighted by Gasteiger charge is 2.22. The number of thioether (sulfide) groups is 1. The zero-order chi connectivity index (χ0) is 27.4. The first kappa shape index (κ1) is 27.3. The van der Waals surface area contributed by atoms with E-state index in [2.05, 4.69) is 5.32 Å². The first-order chi connectivity index (χ1) is 18.1. The van der Waals surface area contributed by atoms with Crippen molar-refractivity contribution in [3.05, 3.63) is 105 Å². The van der Waals surface area contributed by atoms with Crippen LogP contribution in [0.4, 0.5) is 0 Å². The van der Waals surface area contributed by atoms with Gasteiger partial charge in [-0.2, -0.15) is 0 Å². The maximum atomic E-state index is 13.7. The molecule has 6 nitrogen and oxygen atoms in total. The Morgan fingerprint density at radius 1 is 0.921 bits per heavy atom. The van der Waals surface area contributed by atoms with Gasteiger partial charge in [0.2, 0.25) is 0 Å². The van der Waals surface area contributed by atoms with Gasteiger partial charge in [-0.25, -0.2) is 4.98 Å². The van der Waals surface area contributed by atoms with E-state index < -0.39 is 5.25 Å². The lowest BCUT2D eigenvalue weighted by Crippen LogP contribution is -2.28. The molecular weight excluding hydrogens is 494 g/mol. The topological polar surface area (TPSA) is 81.1 Å². The van der Waals surface area contributed by atoms with Crippen LogP contribution in [0.2, 0.25) is 0 Å². The average molecular weight is 528 g/mol. The number of carbonyl (C=O) groups excluding carboxylic acids is 2. The summed E-state index contributed by atoms with van der Waals surface area (Å²) >= 11 is 1.26. The van der Waals surface area contributed by atoms with Gasteiger partial charge in [0.15, 0.2) is 10.9 Å². The van der Waals surface area contributed by atoms with Crippen LogP contribution in [0.25, 0.3) is 10.9 Å². The Bertz CT molecular complexity index is 1540. The van der Waals surface area contributed by atoms with E-state index in [1.54, 1.807) is 22.8 Å². The number of fused-ring (bicyclic) bond motifs is 1.